The lowest BCUT2D eigenvalue weighted by atomic mass is 9.87. The number of allylic oxidation sites excluding steroid dienone is 2. The number of aliphatic imine (C=N–C) groups is 1. The molecule has 0 bridgehead atoms. The quantitative estimate of drug-likeness (QED) is 0.842. The zero-order valence-corrected chi connectivity index (χ0v) is 16.8. The summed E-state index contributed by atoms with van der Waals surface area (Å²) in [5.74, 6) is -0.218. The highest BCUT2D eigenvalue weighted by molar-refractivity contribution is 6.12. The SMILES string of the molecule is CC(C)(C)c1ccc(CNCc2ccc(C(=O)N=C3C=C[NH2+]C=C3)cc2)cc1. The third kappa shape index (κ3) is 5.59. The first kappa shape index (κ1) is 19.9. The van der Waals surface area contributed by atoms with Crippen LogP contribution in [-0.4, -0.2) is 11.6 Å². The molecule has 0 saturated carbocycles. The molecule has 4 heteroatoms. The third-order valence-electron chi connectivity index (χ3n) is 4.67. The van der Waals surface area contributed by atoms with Crippen LogP contribution in [0, 0.1) is 0 Å². The number of nitrogens with one attached hydrogen (secondary N) is 1. The van der Waals surface area contributed by atoms with Crippen LogP contribution in [0.15, 0.2) is 78.1 Å². The average Bonchev–Trinajstić information content (AvgIpc) is 2.69. The fourth-order valence-electron chi connectivity index (χ4n) is 2.92. The van der Waals surface area contributed by atoms with Crippen molar-refractivity contribution in [3.8, 4) is 0 Å². The van der Waals surface area contributed by atoms with Crippen molar-refractivity contribution in [3.63, 3.8) is 0 Å². The largest absolute Gasteiger partial charge is 0.309 e. The van der Waals surface area contributed by atoms with Crippen LogP contribution in [0.2, 0.25) is 0 Å². The van der Waals surface area contributed by atoms with Crippen LogP contribution in [-0.2, 0) is 18.5 Å². The number of nitrogens with zero attached hydrogens (tertiary/aromatic N) is 1. The lowest BCUT2D eigenvalue weighted by Crippen LogP contribution is -2.71. The molecule has 144 valence electrons. The fraction of sp³-hybridized carbons (Fsp3) is 0.250. The minimum absolute atomic E-state index is 0.179. The Hall–Kier alpha value is -2.82. The minimum atomic E-state index is -0.218. The van der Waals surface area contributed by atoms with Gasteiger partial charge in [0.1, 0.15) is 0 Å². The molecule has 0 radical (unpaired) electrons. The van der Waals surface area contributed by atoms with E-state index in [1.54, 1.807) is 0 Å². The van der Waals surface area contributed by atoms with Gasteiger partial charge in [-0.15, -0.1) is 0 Å². The maximum absolute atomic E-state index is 12.2. The summed E-state index contributed by atoms with van der Waals surface area (Å²) in [7, 11) is 0. The highest BCUT2D eigenvalue weighted by atomic mass is 16.1. The Kier molecular flexibility index (Phi) is 6.34. The van der Waals surface area contributed by atoms with Crippen molar-refractivity contribution < 1.29 is 10.1 Å². The number of nitrogens with two attached hydrogens (primary N) is 1. The molecule has 28 heavy (non-hydrogen) atoms. The van der Waals surface area contributed by atoms with Gasteiger partial charge in [0.2, 0.25) is 0 Å². The molecular formula is C24H28N3O+. The normalized spacial score (nSPS) is 13.6. The Morgan fingerprint density at radius 3 is 1.96 bits per heavy atom. The number of quaternary nitrogens is 1. The summed E-state index contributed by atoms with van der Waals surface area (Å²) in [5.41, 5.74) is 5.21. The van der Waals surface area contributed by atoms with Gasteiger partial charge in [-0.3, -0.25) is 10.1 Å². The second-order valence-electron chi connectivity index (χ2n) is 8.00. The van der Waals surface area contributed by atoms with Gasteiger partial charge < -0.3 is 5.32 Å². The summed E-state index contributed by atoms with van der Waals surface area (Å²) >= 11 is 0. The molecule has 3 rings (SSSR count). The first-order valence-corrected chi connectivity index (χ1v) is 9.62. The predicted molar refractivity (Wildman–Crippen MR) is 114 cm³/mol. The number of amides is 1. The molecule has 0 spiro atoms. The second kappa shape index (κ2) is 8.91. The van der Waals surface area contributed by atoms with Crippen LogP contribution in [0.25, 0.3) is 0 Å². The van der Waals surface area contributed by atoms with Gasteiger partial charge in [0, 0.05) is 30.8 Å². The van der Waals surface area contributed by atoms with E-state index in [1.807, 2.05) is 54.1 Å². The number of carbonyl (C=O) groups is 1. The van der Waals surface area contributed by atoms with Gasteiger partial charge in [0.25, 0.3) is 5.91 Å². The molecule has 0 atom stereocenters. The van der Waals surface area contributed by atoms with E-state index in [4.69, 9.17) is 0 Å². The molecular weight excluding hydrogens is 346 g/mol. The fourth-order valence-corrected chi connectivity index (χ4v) is 2.92. The van der Waals surface area contributed by atoms with Crippen LogP contribution >= 0.6 is 0 Å². The van der Waals surface area contributed by atoms with Crippen molar-refractivity contribution in [1.82, 2.24) is 5.32 Å². The molecule has 3 N–H and O–H groups in total. The van der Waals surface area contributed by atoms with Crippen molar-refractivity contribution >= 4 is 11.6 Å². The average molecular weight is 375 g/mol. The predicted octanol–water partition coefficient (Wildman–Crippen LogP) is 3.46. The Labute approximate surface area is 167 Å². The number of rotatable bonds is 5. The highest BCUT2D eigenvalue weighted by Crippen LogP contribution is 2.22. The Morgan fingerprint density at radius 2 is 1.43 bits per heavy atom. The lowest BCUT2D eigenvalue weighted by Gasteiger charge is -2.19. The maximum atomic E-state index is 12.2. The first-order chi connectivity index (χ1) is 13.4. The zero-order chi connectivity index (χ0) is 20.0. The first-order valence-electron chi connectivity index (χ1n) is 9.62. The summed E-state index contributed by atoms with van der Waals surface area (Å²) in [6.45, 7) is 8.24. The summed E-state index contributed by atoms with van der Waals surface area (Å²) < 4.78 is 0. The molecule has 1 heterocycles. The van der Waals surface area contributed by atoms with Crippen LogP contribution < -0.4 is 10.6 Å². The molecule has 0 saturated heterocycles. The van der Waals surface area contributed by atoms with Crippen molar-refractivity contribution in [3.05, 3.63) is 95.3 Å². The number of hydrogen-bond donors (Lipinski definition) is 2. The molecule has 2 aromatic rings. The summed E-state index contributed by atoms with van der Waals surface area (Å²) in [6.07, 6.45) is 7.39. The lowest BCUT2D eigenvalue weighted by molar-refractivity contribution is -0.514. The number of hydrogen-bond acceptors (Lipinski definition) is 2. The van der Waals surface area contributed by atoms with Gasteiger partial charge in [-0.2, -0.15) is 0 Å². The highest BCUT2D eigenvalue weighted by Gasteiger charge is 2.12. The van der Waals surface area contributed by atoms with Crippen molar-refractivity contribution in [2.45, 2.75) is 39.3 Å². The van der Waals surface area contributed by atoms with Crippen LogP contribution in [0.3, 0.4) is 0 Å². The van der Waals surface area contributed by atoms with Gasteiger partial charge in [-0.25, -0.2) is 4.99 Å². The standard InChI is InChI=1S/C24H27N3O/c1-24(2,3)21-10-6-19(7-11-21)17-26-16-18-4-8-20(9-5-18)23(28)27-22-12-14-25-15-13-22/h4-15,26H,16-17H2,1-3H3,(H,25,27,28)/p+1. The molecule has 2 aromatic carbocycles. The Morgan fingerprint density at radius 1 is 0.893 bits per heavy atom. The van der Waals surface area contributed by atoms with Crippen LogP contribution in [0.1, 0.15) is 47.8 Å². The van der Waals surface area contributed by atoms with E-state index in [-0.39, 0.29) is 11.3 Å². The van der Waals surface area contributed by atoms with Crippen molar-refractivity contribution in [2.75, 3.05) is 0 Å². The summed E-state index contributed by atoms with van der Waals surface area (Å²) in [6, 6.07) is 16.4. The van der Waals surface area contributed by atoms with Gasteiger partial charge in [0.05, 0.1) is 18.1 Å². The van der Waals surface area contributed by atoms with Gasteiger partial charge >= 0.3 is 0 Å². The van der Waals surface area contributed by atoms with E-state index in [2.05, 4.69) is 55.3 Å². The Balaban J connectivity index is 1.52. The van der Waals surface area contributed by atoms with E-state index in [1.165, 1.54) is 11.1 Å². The minimum Gasteiger partial charge on any atom is -0.309 e. The molecule has 0 unspecified atom stereocenters. The second-order valence-corrected chi connectivity index (χ2v) is 8.00. The van der Waals surface area contributed by atoms with E-state index >= 15 is 0 Å². The maximum Gasteiger partial charge on any atom is 0.277 e. The summed E-state index contributed by atoms with van der Waals surface area (Å²) in [4.78, 5) is 16.4. The van der Waals surface area contributed by atoms with E-state index in [0.29, 0.717) is 11.3 Å². The van der Waals surface area contributed by atoms with Crippen LogP contribution in [0.4, 0.5) is 0 Å². The van der Waals surface area contributed by atoms with Gasteiger partial charge in [-0.1, -0.05) is 57.2 Å². The molecule has 0 aromatic heterocycles. The van der Waals surface area contributed by atoms with Gasteiger partial charge in [0.15, 0.2) is 0 Å². The number of carbonyl (C=O) groups excluding carboxylic acids is 1. The molecule has 4 nitrogen and oxygen atoms in total. The smallest absolute Gasteiger partial charge is 0.277 e. The van der Waals surface area contributed by atoms with Crippen molar-refractivity contribution in [2.24, 2.45) is 4.99 Å². The molecule has 1 aliphatic heterocycles. The third-order valence-corrected chi connectivity index (χ3v) is 4.67. The molecule has 0 fully saturated rings. The molecule has 1 amide bonds. The number of benzene rings is 2. The topological polar surface area (TPSA) is 58.1 Å². The van der Waals surface area contributed by atoms with E-state index in [9.17, 15) is 4.79 Å². The summed E-state index contributed by atoms with van der Waals surface area (Å²) in [5, 5.41) is 5.36. The Bertz CT molecular complexity index is 884. The monoisotopic (exact) mass is 374 g/mol. The zero-order valence-electron chi connectivity index (χ0n) is 16.8. The van der Waals surface area contributed by atoms with Crippen LogP contribution in [0.5, 0.6) is 0 Å². The molecule has 0 aliphatic carbocycles. The van der Waals surface area contributed by atoms with Gasteiger partial charge in [-0.05, 0) is 34.2 Å². The molecule has 1 aliphatic rings. The van der Waals surface area contributed by atoms with E-state index < -0.39 is 0 Å². The van der Waals surface area contributed by atoms with Crippen molar-refractivity contribution in [1.29, 1.82) is 0 Å². The van der Waals surface area contributed by atoms with E-state index in [0.717, 1.165) is 18.7 Å².